The number of rotatable bonds is 4. The van der Waals surface area contributed by atoms with Crippen LogP contribution in [0.4, 0.5) is 0 Å². The Kier molecular flexibility index (Phi) is 4.62. The van der Waals surface area contributed by atoms with Crippen molar-refractivity contribution in [3.63, 3.8) is 0 Å². The molecule has 0 unspecified atom stereocenters. The third-order valence-corrected chi connectivity index (χ3v) is 3.04. The molecule has 0 N–H and O–H groups in total. The van der Waals surface area contributed by atoms with E-state index in [0.717, 1.165) is 15.8 Å². The fourth-order valence-electron chi connectivity index (χ4n) is 1.18. The zero-order valence-corrected chi connectivity index (χ0v) is 10.9. The minimum absolute atomic E-state index is 0.140. The van der Waals surface area contributed by atoms with Gasteiger partial charge in [-0.1, -0.05) is 28.1 Å². The van der Waals surface area contributed by atoms with E-state index in [1.807, 2.05) is 18.2 Å². The highest BCUT2D eigenvalue weighted by atomic mass is 79.9. The third-order valence-electron chi connectivity index (χ3n) is 1.79. The Morgan fingerprint density at radius 1 is 1.50 bits per heavy atom. The molecule has 0 aliphatic rings. The molecule has 1 aromatic rings. The van der Waals surface area contributed by atoms with Gasteiger partial charge in [0.25, 0.3) is 0 Å². The molecule has 0 spiro atoms. The van der Waals surface area contributed by atoms with Gasteiger partial charge in [-0.15, -0.1) is 0 Å². The largest absolute Gasteiger partial charge is 0.495 e. The third kappa shape index (κ3) is 2.82. The van der Waals surface area contributed by atoms with Crippen molar-refractivity contribution in [3.8, 4) is 5.75 Å². The Balaban J connectivity index is 2.96. The number of methoxy groups -OCH3 is 1. The van der Waals surface area contributed by atoms with E-state index >= 15 is 0 Å². The van der Waals surface area contributed by atoms with Gasteiger partial charge in [0.15, 0.2) is 0 Å². The molecule has 0 saturated carbocycles. The van der Waals surface area contributed by atoms with Gasteiger partial charge in [-0.2, -0.15) is 0 Å². The van der Waals surface area contributed by atoms with Gasteiger partial charge < -0.3 is 4.74 Å². The Morgan fingerprint density at radius 3 is 2.79 bits per heavy atom. The van der Waals surface area contributed by atoms with Gasteiger partial charge >= 0.3 is 0 Å². The van der Waals surface area contributed by atoms with E-state index in [1.54, 1.807) is 7.11 Å². The topological polar surface area (TPSA) is 26.3 Å². The number of hydrogen-bond donors (Lipinski definition) is 0. The van der Waals surface area contributed by atoms with E-state index in [0.29, 0.717) is 11.8 Å². The first-order valence-corrected chi connectivity index (χ1v) is 5.99. The van der Waals surface area contributed by atoms with E-state index in [-0.39, 0.29) is 5.78 Å². The molecule has 0 amide bonds. The number of carbonyl (C=O) groups excluding carboxylic acids is 1. The smallest absolute Gasteiger partial charge is 0.147 e. The highest BCUT2D eigenvalue weighted by Crippen LogP contribution is 2.29. The number of ether oxygens (including phenoxy) is 1. The van der Waals surface area contributed by atoms with Crippen molar-refractivity contribution < 1.29 is 9.53 Å². The SMILES string of the molecule is COc1c(Br)cccc1CC(=O)CBr. The van der Waals surface area contributed by atoms with E-state index in [9.17, 15) is 4.79 Å². The molecule has 1 rings (SSSR count). The molecule has 76 valence electrons. The molecule has 14 heavy (non-hydrogen) atoms. The molecule has 0 aromatic heterocycles. The molecule has 4 heteroatoms. The van der Waals surface area contributed by atoms with Crippen LogP contribution in [-0.2, 0) is 11.2 Å². The molecular weight excluding hydrogens is 312 g/mol. The van der Waals surface area contributed by atoms with Crippen molar-refractivity contribution >= 4 is 37.6 Å². The zero-order valence-electron chi connectivity index (χ0n) is 7.72. The molecule has 1 aromatic carbocycles. The molecule has 0 saturated heterocycles. The number of Topliss-reactive ketones (excluding diaryl/α,β-unsaturated/α-hetero) is 1. The standard InChI is InChI=1S/C10H10Br2O2/c1-14-10-7(5-8(13)6-11)3-2-4-9(10)12/h2-4H,5-6H2,1H3. The fraction of sp³-hybridized carbons (Fsp3) is 0.300. The molecular formula is C10H10Br2O2. The van der Waals surface area contributed by atoms with E-state index in [2.05, 4.69) is 31.9 Å². The maximum absolute atomic E-state index is 11.2. The highest BCUT2D eigenvalue weighted by Gasteiger charge is 2.09. The Hall–Kier alpha value is -0.350. The zero-order chi connectivity index (χ0) is 10.6. The summed E-state index contributed by atoms with van der Waals surface area (Å²) in [6.07, 6.45) is 0.397. The monoisotopic (exact) mass is 320 g/mol. The highest BCUT2D eigenvalue weighted by molar-refractivity contribution is 9.10. The summed E-state index contributed by atoms with van der Waals surface area (Å²) in [5, 5.41) is 0.378. The molecule has 0 aliphatic carbocycles. The second-order valence-electron chi connectivity index (χ2n) is 2.78. The Labute approximate surface area is 99.9 Å². The van der Waals surface area contributed by atoms with Gasteiger partial charge in [-0.25, -0.2) is 0 Å². The van der Waals surface area contributed by atoms with Crippen LogP contribution in [-0.4, -0.2) is 18.2 Å². The first kappa shape index (κ1) is 11.7. The van der Waals surface area contributed by atoms with Crippen molar-refractivity contribution in [3.05, 3.63) is 28.2 Å². The van der Waals surface area contributed by atoms with Gasteiger partial charge in [-0.05, 0) is 22.0 Å². The van der Waals surface area contributed by atoms with Crippen LogP contribution in [0.25, 0.3) is 0 Å². The summed E-state index contributed by atoms with van der Waals surface area (Å²) in [4.78, 5) is 11.2. The maximum Gasteiger partial charge on any atom is 0.147 e. The van der Waals surface area contributed by atoms with E-state index in [4.69, 9.17) is 4.74 Å². The van der Waals surface area contributed by atoms with Crippen molar-refractivity contribution in [2.24, 2.45) is 0 Å². The summed E-state index contributed by atoms with van der Waals surface area (Å²) < 4.78 is 6.08. The lowest BCUT2D eigenvalue weighted by molar-refractivity contribution is -0.115. The first-order valence-electron chi connectivity index (χ1n) is 4.08. The molecule has 0 fully saturated rings. The fourth-order valence-corrected chi connectivity index (χ4v) is 1.95. The Bertz CT molecular complexity index is 337. The van der Waals surface area contributed by atoms with Crippen LogP contribution in [0, 0.1) is 0 Å². The van der Waals surface area contributed by atoms with Gasteiger partial charge in [0, 0.05) is 12.0 Å². The lowest BCUT2D eigenvalue weighted by Crippen LogP contribution is -2.05. The van der Waals surface area contributed by atoms with Crippen LogP contribution < -0.4 is 4.74 Å². The van der Waals surface area contributed by atoms with E-state index < -0.39 is 0 Å². The van der Waals surface area contributed by atoms with Crippen molar-refractivity contribution in [1.82, 2.24) is 0 Å². The van der Waals surface area contributed by atoms with Crippen LogP contribution in [0.1, 0.15) is 5.56 Å². The summed E-state index contributed by atoms with van der Waals surface area (Å²) in [5.41, 5.74) is 0.909. The molecule has 0 atom stereocenters. The molecule has 0 heterocycles. The van der Waals surface area contributed by atoms with Crippen LogP contribution in [0.15, 0.2) is 22.7 Å². The summed E-state index contributed by atoms with van der Waals surface area (Å²) in [7, 11) is 1.60. The van der Waals surface area contributed by atoms with Crippen LogP contribution in [0.3, 0.4) is 0 Å². The van der Waals surface area contributed by atoms with Gasteiger partial charge in [-0.3, -0.25) is 4.79 Å². The number of alkyl halides is 1. The minimum atomic E-state index is 0.140. The van der Waals surface area contributed by atoms with Crippen LogP contribution >= 0.6 is 31.9 Å². The molecule has 0 radical (unpaired) electrons. The average Bonchev–Trinajstić information content (AvgIpc) is 2.18. The Morgan fingerprint density at radius 2 is 2.21 bits per heavy atom. The van der Waals surface area contributed by atoms with Crippen LogP contribution in [0.5, 0.6) is 5.75 Å². The number of para-hydroxylation sites is 1. The average molecular weight is 322 g/mol. The quantitative estimate of drug-likeness (QED) is 0.797. The van der Waals surface area contributed by atoms with Crippen molar-refractivity contribution in [2.45, 2.75) is 6.42 Å². The summed E-state index contributed by atoms with van der Waals surface area (Å²) in [6, 6.07) is 5.68. The predicted molar refractivity (Wildman–Crippen MR) is 63.2 cm³/mol. The number of halogens is 2. The summed E-state index contributed by atoms with van der Waals surface area (Å²) in [5.74, 6) is 0.878. The second kappa shape index (κ2) is 5.51. The molecule has 0 aliphatic heterocycles. The summed E-state index contributed by atoms with van der Waals surface area (Å²) in [6.45, 7) is 0. The predicted octanol–water partition coefficient (Wildman–Crippen LogP) is 2.96. The number of hydrogen-bond acceptors (Lipinski definition) is 2. The number of carbonyl (C=O) groups is 1. The molecule has 2 nitrogen and oxygen atoms in total. The van der Waals surface area contributed by atoms with Crippen molar-refractivity contribution in [2.75, 3.05) is 12.4 Å². The maximum atomic E-state index is 11.2. The van der Waals surface area contributed by atoms with Gasteiger partial charge in [0.2, 0.25) is 0 Å². The molecule has 0 bridgehead atoms. The first-order chi connectivity index (χ1) is 6.69. The number of benzene rings is 1. The normalized spacial score (nSPS) is 9.93. The minimum Gasteiger partial charge on any atom is -0.495 e. The van der Waals surface area contributed by atoms with E-state index in [1.165, 1.54) is 0 Å². The van der Waals surface area contributed by atoms with Gasteiger partial charge in [0.05, 0.1) is 16.9 Å². The summed E-state index contributed by atoms with van der Waals surface area (Å²) >= 11 is 6.51. The van der Waals surface area contributed by atoms with Crippen molar-refractivity contribution in [1.29, 1.82) is 0 Å². The lowest BCUT2D eigenvalue weighted by Gasteiger charge is -2.08. The van der Waals surface area contributed by atoms with Crippen LogP contribution in [0.2, 0.25) is 0 Å². The van der Waals surface area contributed by atoms with Gasteiger partial charge in [0.1, 0.15) is 11.5 Å². The lowest BCUT2D eigenvalue weighted by atomic mass is 10.1. The number of ketones is 1. The second-order valence-corrected chi connectivity index (χ2v) is 4.20.